The number of primary amides is 1. The molecule has 0 atom stereocenters. The number of aromatic nitrogens is 1. The van der Waals surface area contributed by atoms with Crippen molar-refractivity contribution in [2.75, 3.05) is 32.5 Å². The predicted octanol–water partition coefficient (Wildman–Crippen LogP) is 3.37. The van der Waals surface area contributed by atoms with Crippen LogP contribution >= 0.6 is 11.5 Å². The van der Waals surface area contributed by atoms with Gasteiger partial charge in [-0.3, -0.25) is 5.32 Å². The number of halogens is 3. The van der Waals surface area contributed by atoms with Crippen LogP contribution in [0.3, 0.4) is 0 Å². The Morgan fingerprint density at radius 3 is 2.59 bits per heavy atom. The number of aryl methyl sites for hydroxylation is 1. The highest BCUT2D eigenvalue weighted by molar-refractivity contribution is 7.11. The van der Waals surface area contributed by atoms with Crippen LogP contribution in [0.2, 0.25) is 0 Å². The van der Waals surface area contributed by atoms with Gasteiger partial charge in [-0.15, -0.1) is 4.37 Å². The van der Waals surface area contributed by atoms with Gasteiger partial charge >= 0.3 is 12.1 Å². The summed E-state index contributed by atoms with van der Waals surface area (Å²) >= 11 is 0.695. The lowest BCUT2D eigenvalue weighted by Gasteiger charge is -2.11. The second kappa shape index (κ2) is 11.5. The molecule has 3 amide bonds. The third kappa shape index (κ3) is 6.99. The molecule has 0 aliphatic rings. The van der Waals surface area contributed by atoms with E-state index in [-0.39, 0.29) is 22.2 Å². The number of nitrogens with two attached hydrogens (primary N) is 1. The van der Waals surface area contributed by atoms with Crippen molar-refractivity contribution in [3.05, 3.63) is 34.6 Å². The zero-order chi connectivity index (χ0) is 23.8. The van der Waals surface area contributed by atoms with Crippen LogP contribution in [0.1, 0.15) is 24.0 Å². The van der Waals surface area contributed by atoms with E-state index in [1.807, 2.05) is 19.0 Å². The van der Waals surface area contributed by atoms with Crippen molar-refractivity contribution in [3.8, 4) is 11.6 Å². The van der Waals surface area contributed by atoms with Crippen molar-refractivity contribution < 1.29 is 32.2 Å². The van der Waals surface area contributed by atoms with E-state index >= 15 is 0 Å². The summed E-state index contributed by atoms with van der Waals surface area (Å²) in [4.78, 5) is 25.4. The van der Waals surface area contributed by atoms with Gasteiger partial charge in [0.1, 0.15) is 12.4 Å². The van der Waals surface area contributed by atoms with Crippen molar-refractivity contribution in [1.82, 2.24) is 14.6 Å². The van der Waals surface area contributed by atoms with E-state index in [0.717, 1.165) is 25.5 Å². The lowest BCUT2D eigenvalue weighted by molar-refractivity contribution is 0.205. The minimum Gasteiger partial charge on any atom is -0.469 e. The van der Waals surface area contributed by atoms with E-state index in [2.05, 4.69) is 15.0 Å². The van der Waals surface area contributed by atoms with Crippen molar-refractivity contribution in [3.63, 3.8) is 0 Å². The molecule has 0 fully saturated rings. The zero-order valence-electron chi connectivity index (χ0n) is 17.8. The maximum Gasteiger partial charge on any atom is 0.410 e. The van der Waals surface area contributed by atoms with E-state index in [4.69, 9.17) is 15.2 Å². The van der Waals surface area contributed by atoms with Gasteiger partial charge in [0.25, 0.3) is 5.88 Å². The number of nitrogens with zero attached hydrogens (tertiary/aromatic N) is 2. The molecule has 0 radical (unpaired) electrons. The normalized spacial score (nSPS) is 10.8. The molecule has 0 aliphatic heterocycles. The number of nitrogens with one attached hydrogen (secondary N) is 2. The molecular formula is C19H24F3N5O4S. The molecule has 0 saturated carbocycles. The molecule has 32 heavy (non-hydrogen) atoms. The molecule has 0 saturated heterocycles. The second-order valence-corrected chi connectivity index (χ2v) is 7.80. The lowest BCUT2D eigenvalue weighted by Crippen LogP contribution is -2.30. The van der Waals surface area contributed by atoms with Gasteiger partial charge in [0.2, 0.25) is 5.75 Å². The van der Waals surface area contributed by atoms with Gasteiger partial charge < -0.3 is 25.4 Å². The summed E-state index contributed by atoms with van der Waals surface area (Å²) < 4.78 is 55.7. The Bertz CT molecular complexity index is 971. The van der Waals surface area contributed by atoms with Gasteiger partial charge in [0, 0.05) is 6.54 Å². The maximum atomic E-state index is 14.0. The zero-order valence-corrected chi connectivity index (χ0v) is 18.6. The van der Waals surface area contributed by atoms with Gasteiger partial charge in [0.15, 0.2) is 16.6 Å². The first kappa shape index (κ1) is 25.2. The summed E-state index contributed by atoms with van der Waals surface area (Å²) in [6, 6.07) is 0.242. The summed E-state index contributed by atoms with van der Waals surface area (Å²) in [6.07, 6.45) is 0.410. The summed E-state index contributed by atoms with van der Waals surface area (Å²) in [6.45, 7) is 1.76. The monoisotopic (exact) mass is 475 g/mol. The smallest absolute Gasteiger partial charge is 0.410 e. The van der Waals surface area contributed by atoms with Crippen LogP contribution < -0.4 is 25.8 Å². The van der Waals surface area contributed by atoms with E-state index in [1.54, 1.807) is 0 Å². The van der Waals surface area contributed by atoms with Crippen LogP contribution in [-0.4, -0.2) is 48.6 Å². The highest BCUT2D eigenvalue weighted by Crippen LogP contribution is 2.39. The fourth-order valence-corrected chi connectivity index (χ4v) is 3.22. The molecule has 2 aromatic rings. The van der Waals surface area contributed by atoms with Crippen LogP contribution in [-0.2, 0) is 6.61 Å². The third-order valence-corrected chi connectivity index (χ3v) is 4.88. The molecule has 1 aromatic carbocycles. The molecule has 0 bridgehead atoms. The quantitative estimate of drug-likeness (QED) is 0.358. The first-order valence-electron chi connectivity index (χ1n) is 9.52. The SMILES string of the molecule is Cc1cc(F)c(COc2nsc(NC(=O)NCCCCN(C)C)c2OC(N)=O)c(F)c1F. The molecule has 1 aromatic heterocycles. The van der Waals surface area contributed by atoms with Crippen molar-refractivity contribution in [2.45, 2.75) is 26.4 Å². The van der Waals surface area contributed by atoms with Crippen LogP contribution in [0.5, 0.6) is 11.6 Å². The van der Waals surface area contributed by atoms with Crippen molar-refractivity contribution in [1.29, 1.82) is 0 Å². The average molecular weight is 475 g/mol. The Morgan fingerprint density at radius 2 is 1.94 bits per heavy atom. The van der Waals surface area contributed by atoms with Crippen molar-refractivity contribution >= 4 is 28.7 Å². The highest BCUT2D eigenvalue weighted by Gasteiger charge is 2.23. The molecule has 0 spiro atoms. The van der Waals surface area contributed by atoms with E-state index in [0.29, 0.717) is 18.1 Å². The highest BCUT2D eigenvalue weighted by atomic mass is 32.1. The topological polar surface area (TPSA) is 119 Å². The molecule has 1 heterocycles. The second-order valence-electron chi connectivity index (χ2n) is 7.03. The number of benzene rings is 1. The van der Waals surface area contributed by atoms with Gasteiger partial charge in [-0.05, 0) is 63.6 Å². The summed E-state index contributed by atoms with van der Waals surface area (Å²) in [5.74, 6) is -4.31. The Kier molecular flexibility index (Phi) is 9.08. The molecule has 2 rings (SSSR count). The molecule has 9 nitrogen and oxygen atoms in total. The average Bonchev–Trinajstić information content (AvgIpc) is 3.06. The number of unbranched alkanes of at least 4 members (excludes halogenated alkanes) is 1. The van der Waals surface area contributed by atoms with Gasteiger partial charge in [0.05, 0.1) is 5.56 Å². The minimum absolute atomic E-state index is 0.0133. The van der Waals surface area contributed by atoms with Gasteiger partial charge in [-0.1, -0.05) is 0 Å². The largest absolute Gasteiger partial charge is 0.469 e. The predicted molar refractivity (Wildman–Crippen MR) is 113 cm³/mol. The number of hydrogen-bond donors (Lipinski definition) is 3. The number of hydrogen-bond acceptors (Lipinski definition) is 7. The first-order chi connectivity index (χ1) is 15.1. The van der Waals surface area contributed by atoms with E-state index < -0.39 is 41.7 Å². The summed E-state index contributed by atoms with van der Waals surface area (Å²) in [7, 11) is 3.89. The number of rotatable bonds is 10. The Labute approximate surface area is 186 Å². The van der Waals surface area contributed by atoms with Gasteiger partial charge in [-0.2, -0.15) is 0 Å². The van der Waals surface area contributed by atoms with Crippen LogP contribution in [0.25, 0.3) is 0 Å². The number of carbonyl (C=O) groups excluding carboxylic acids is 2. The maximum absolute atomic E-state index is 14.0. The Hall–Kier alpha value is -3.06. The standard InChI is InChI=1S/C19H24F3N5O4S/c1-10-8-12(20)11(14(22)13(10)21)9-30-16-15(31-18(23)28)17(32-26-16)25-19(29)24-6-4-5-7-27(2)3/h8H,4-7,9H2,1-3H3,(H2,23,28)(H2,24,25,29). The lowest BCUT2D eigenvalue weighted by atomic mass is 10.1. The minimum atomic E-state index is -1.40. The fraction of sp³-hybridized carbons (Fsp3) is 0.421. The number of anilines is 1. The van der Waals surface area contributed by atoms with Crippen LogP contribution in [0, 0.1) is 24.4 Å². The Balaban J connectivity index is 2.06. The van der Waals surface area contributed by atoms with E-state index in [1.165, 1.54) is 6.92 Å². The molecule has 176 valence electrons. The van der Waals surface area contributed by atoms with E-state index in [9.17, 15) is 22.8 Å². The van der Waals surface area contributed by atoms with Gasteiger partial charge in [-0.25, -0.2) is 22.8 Å². The molecule has 0 aliphatic carbocycles. The number of ether oxygens (including phenoxy) is 2. The molecular weight excluding hydrogens is 451 g/mol. The molecule has 0 unspecified atom stereocenters. The number of amides is 3. The number of urea groups is 1. The van der Waals surface area contributed by atoms with Crippen molar-refractivity contribution in [2.24, 2.45) is 5.73 Å². The van der Waals surface area contributed by atoms with Crippen LogP contribution in [0.15, 0.2) is 6.07 Å². The van der Waals surface area contributed by atoms with Crippen LogP contribution in [0.4, 0.5) is 27.8 Å². The third-order valence-electron chi connectivity index (χ3n) is 4.16. The molecule has 4 N–H and O–H groups in total. The number of carbonyl (C=O) groups is 2. The fourth-order valence-electron chi connectivity index (χ4n) is 2.56. The summed E-state index contributed by atoms with van der Waals surface area (Å²) in [5, 5.41) is 5.07. The molecule has 13 heteroatoms. The summed E-state index contributed by atoms with van der Waals surface area (Å²) in [5.41, 5.74) is 4.17. The first-order valence-corrected chi connectivity index (χ1v) is 10.3. The Morgan fingerprint density at radius 1 is 1.22 bits per heavy atom.